The van der Waals surface area contributed by atoms with Gasteiger partial charge in [0.05, 0.1) is 19.1 Å². The molecular formula is C16H20O4. The Morgan fingerprint density at radius 1 is 1.25 bits per heavy atom. The Morgan fingerprint density at radius 2 is 1.85 bits per heavy atom. The summed E-state index contributed by atoms with van der Waals surface area (Å²) >= 11 is 0. The van der Waals surface area contributed by atoms with Crippen LogP contribution in [-0.2, 0) is 4.79 Å². The van der Waals surface area contributed by atoms with Crippen LogP contribution in [0.1, 0.15) is 25.7 Å². The Balaban J connectivity index is 1.54. The maximum Gasteiger partial charge on any atom is 0.309 e. The van der Waals surface area contributed by atoms with Crippen LogP contribution in [-0.4, -0.2) is 24.8 Å². The molecule has 20 heavy (non-hydrogen) atoms. The van der Waals surface area contributed by atoms with E-state index in [9.17, 15) is 9.90 Å². The Kier molecular flexibility index (Phi) is 3.32. The van der Waals surface area contributed by atoms with Crippen molar-refractivity contribution in [3.8, 4) is 11.5 Å². The molecule has 0 saturated heterocycles. The van der Waals surface area contributed by atoms with Crippen molar-refractivity contribution in [2.75, 3.05) is 13.7 Å². The van der Waals surface area contributed by atoms with Crippen molar-refractivity contribution >= 4 is 5.97 Å². The molecule has 2 aliphatic rings. The summed E-state index contributed by atoms with van der Waals surface area (Å²) in [4.78, 5) is 11.5. The van der Waals surface area contributed by atoms with Crippen LogP contribution in [0, 0.1) is 17.3 Å². The Hall–Kier alpha value is -1.71. The van der Waals surface area contributed by atoms with E-state index in [1.165, 1.54) is 6.42 Å². The van der Waals surface area contributed by atoms with Crippen LogP contribution in [0.5, 0.6) is 11.5 Å². The standard InChI is InChI=1S/C16H20O4/c1-19-13-2-4-14(5-3-13)20-7-6-16(15(17)18)9-11-8-12(11)10-16/h2-5,11-12H,6-10H2,1H3,(H,17,18). The molecule has 3 rings (SSSR count). The molecule has 0 bridgehead atoms. The zero-order valence-corrected chi connectivity index (χ0v) is 11.7. The molecule has 0 radical (unpaired) electrons. The molecule has 0 aliphatic heterocycles. The van der Waals surface area contributed by atoms with Crippen LogP contribution < -0.4 is 9.47 Å². The minimum atomic E-state index is -0.650. The van der Waals surface area contributed by atoms with Crippen molar-refractivity contribution in [2.45, 2.75) is 25.7 Å². The van der Waals surface area contributed by atoms with E-state index < -0.39 is 11.4 Å². The second-order valence-electron chi connectivity index (χ2n) is 6.02. The first kappa shape index (κ1) is 13.3. The fourth-order valence-electron chi connectivity index (χ4n) is 3.42. The Bertz CT molecular complexity index is 484. The van der Waals surface area contributed by atoms with Gasteiger partial charge in [-0.05, 0) is 61.8 Å². The predicted octanol–water partition coefficient (Wildman–Crippen LogP) is 2.97. The van der Waals surface area contributed by atoms with Gasteiger partial charge in [0.25, 0.3) is 0 Å². The van der Waals surface area contributed by atoms with Gasteiger partial charge in [-0.25, -0.2) is 0 Å². The average molecular weight is 276 g/mol. The van der Waals surface area contributed by atoms with E-state index in [4.69, 9.17) is 9.47 Å². The number of fused-ring (bicyclic) bond motifs is 1. The van der Waals surface area contributed by atoms with Gasteiger partial charge in [0, 0.05) is 0 Å². The number of carboxylic acids is 1. The third-order valence-electron chi connectivity index (χ3n) is 4.74. The predicted molar refractivity (Wildman–Crippen MR) is 74.0 cm³/mol. The summed E-state index contributed by atoms with van der Waals surface area (Å²) in [5, 5.41) is 9.50. The molecule has 1 aromatic carbocycles. The lowest BCUT2D eigenvalue weighted by molar-refractivity contribution is -0.150. The highest BCUT2D eigenvalue weighted by atomic mass is 16.5. The van der Waals surface area contributed by atoms with Crippen LogP contribution in [0.25, 0.3) is 0 Å². The smallest absolute Gasteiger partial charge is 0.309 e. The highest BCUT2D eigenvalue weighted by Gasteiger charge is 2.57. The number of hydrogen-bond acceptors (Lipinski definition) is 3. The minimum absolute atomic E-state index is 0.456. The molecule has 2 unspecified atom stereocenters. The van der Waals surface area contributed by atoms with E-state index in [0.717, 1.165) is 24.3 Å². The maximum atomic E-state index is 11.5. The van der Waals surface area contributed by atoms with E-state index in [1.807, 2.05) is 24.3 Å². The van der Waals surface area contributed by atoms with Gasteiger partial charge in [0.2, 0.25) is 0 Å². The molecule has 2 saturated carbocycles. The molecule has 2 aliphatic carbocycles. The Morgan fingerprint density at radius 3 is 2.40 bits per heavy atom. The first-order valence-electron chi connectivity index (χ1n) is 7.13. The zero-order valence-electron chi connectivity index (χ0n) is 11.7. The van der Waals surface area contributed by atoms with Crippen LogP contribution in [0.15, 0.2) is 24.3 Å². The molecule has 1 N–H and O–H groups in total. The van der Waals surface area contributed by atoms with Gasteiger partial charge in [0.1, 0.15) is 11.5 Å². The van der Waals surface area contributed by atoms with Crippen LogP contribution in [0.4, 0.5) is 0 Å². The quantitative estimate of drug-likeness (QED) is 0.868. The Labute approximate surface area is 118 Å². The van der Waals surface area contributed by atoms with Crippen molar-refractivity contribution in [1.29, 1.82) is 0 Å². The minimum Gasteiger partial charge on any atom is -0.497 e. The normalized spacial score (nSPS) is 30.6. The third-order valence-corrected chi connectivity index (χ3v) is 4.74. The maximum absolute atomic E-state index is 11.5. The summed E-state index contributed by atoms with van der Waals surface area (Å²) in [6.07, 6.45) is 3.49. The first-order chi connectivity index (χ1) is 9.63. The van der Waals surface area contributed by atoms with Gasteiger partial charge >= 0.3 is 5.97 Å². The molecule has 1 aromatic rings. The van der Waals surface area contributed by atoms with E-state index >= 15 is 0 Å². The van der Waals surface area contributed by atoms with E-state index in [0.29, 0.717) is 24.9 Å². The van der Waals surface area contributed by atoms with Crippen molar-refractivity contribution in [1.82, 2.24) is 0 Å². The van der Waals surface area contributed by atoms with Crippen molar-refractivity contribution < 1.29 is 19.4 Å². The van der Waals surface area contributed by atoms with Gasteiger partial charge < -0.3 is 14.6 Å². The number of aliphatic carboxylic acids is 1. The zero-order chi connectivity index (χ0) is 14.2. The highest BCUT2D eigenvalue weighted by molar-refractivity contribution is 5.75. The summed E-state index contributed by atoms with van der Waals surface area (Å²) in [5.41, 5.74) is -0.542. The number of hydrogen-bond donors (Lipinski definition) is 1. The fraction of sp³-hybridized carbons (Fsp3) is 0.562. The molecule has 2 fully saturated rings. The highest BCUT2D eigenvalue weighted by Crippen LogP contribution is 2.61. The van der Waals surface area contributed by atoms with Crippen LogP contribution >= 0.6 is 0 Å². The van der Waals surface area contributed by atoms with Crippen molar-refractivity contribution in [3.05, 3.63) is 24.3 Å². The summed E-state index contributed by atoms with van der Waals surface area (Å²) in [6.45, 7) is 0.456. The number of rotatable bonds is 6. The van der Waals surface area contributed by atoms with E-state index in [1.54, 1.807) is 7.11 Å². The molecule has 0 spiro atoms. The molecule has 0 amide bonds. The lowest BCUT2D eigenvalue weighted by Gasteiger charge is -2.25. The summed E-state index contributed by atoms with van der Waals surface area (Å²) < 4.78 is 10.8. The van der Waals surface area contributed by atoms with Gasteiger partial charge in [-0.15, -0.1) is 0 Å². The van der Waals surface area contributed by atoms with Gasteiger partial charge in [-0.2, -0.15) is 0 Å². The molecule has 4 nitrogen and oxygen atoms in total. The number of ether oxygens (including phenoxy) is 2. The second kappa shape index (κ2) is 5.00. The monoisotopic (exact) mass is 276 g/mol. The van der Waals surface area contributed by atoms with E-state index in [-0.39, 0.29) is 0 Å². The summed E-state index contributed by atoms with van der Waals surface area (Å²) in [7, 11) is 1.62. The molecule has 0 heterocycles. The van der Waals surface area contributed by atoms with E-state index in [2.05, 4.69) is 0 Å². The van der Waals surface area contributed by atoms with Gasteiger partial charge in [-0.3, -0.25) is 4.79 Å². The lowest BCUT2D eigenvalue weighted by Crippen LogP contribution is -2.31. The second-order valence-corrected chi connectivity index (χ2v) is 6.02. The number of methoxy groups -OCH3 is 1. The topological polar surface area (TPSA) is 55.8 Å². The number of carbonyl (C=O) groups is 1. The summed E-state index contributed by atoms with van der Waals surface area (Å²) in [6, 6.07) is 7.37. The summed E-state index contributed by atoms with van der Waals surface area (Å²) in [5.74, 6) is 2.21. The van der Waals surface area contributed by atoms with Crippen molar-refractivity contribution in [3.63, 3.8) is 0 Å². The molecule has 0 aromatic heterocycles. The number of carboxylic acid groups (broad SMARTS) is 1. The first-order valence-corrected chi connectivity index (χ1v) is 7.13. The van der Waals surface area contributed by atoms with Crippen molar-refractivity contribution in [2.24, 2.45) is 17.3 Å². The third kappa shape index (κ3) is 2.47. The average Bonchev–Trinajstić information content (AvgIpc) is 3.07. The SMILES string of the molecule is COc1ccc(OCCC2(C(=O)O)CC3CC3C2)cc1. The van der Waals surface area contributed by atoms with Crippen LogP contribution in [0.2, 0.25) is 0 Å². The molecular weight excluding hydrogens is 256 g/mol. The molecule has 2 atom stereocenters. The lowest BCUT2D eigenvalue weighted by atomic mass is 9.80. The molecule has 4 heteroatoms. The van der Waals surface area contributed by atoms with Gasteiger partial charge in [0.15, 0.2) is 0 Å². The largest absolute Gasteiger partial charge is 0.497 e. The number of benzene rings is 1. The fourth-order valence-corrected chi connectivity index (χ4v) is 3.42. The van der Waals surface area contributed by atoms with Crippen LogP contribution in [0.3, 0.4) is 0 Å². The van der Waals surface area contributed by atoms with Gasteiger partial charge in [-0.1, -0.05) is 0 Å². The molecule has 108 valence electrons.